The monoisotopic (exact) mass is 310 g/mol. The predicted octanol–water partition coefficient (Wildman–Crippen LogP) is 3.43. The van der Waals surface area contributed by atoms with Crippen LogP contribution in [0.25, 0.3) is 0 Å². The predicted molar refractivity (Wildman–Crippen MR) is 78.3 cm³/mol. The Labute approximate surface area is 117 Å². The van der Waals surface area contributed by atoms with Gasteiger partial charge in [0.1, 0.15) is 0 Å². The van der Waals surface area contributed by atoms with E-state index in [-0.39, 0.29) is 17.6 Å². The first-order valence-corrected chi connectivity index (χ1v) is 8.24. The van der Waals surface area contributed by atoms with Crippen molar-refractivity contribution >= 4 is 19.4 Å². The summed E-state index contributed by atoms with van der Waals surface area (Å²) in [4.78, 5) is 0. The topological polar surface area (TPSA) is 9.23 Å². The zero-order valence-electron chi connectivity index (χ0n) is 11.9. The molecule has 0 bridgehead atoms. The molecule has 1 atom stereocenters. The summed E-state index contributed by atoms with van der Waals surface area (Å²) in [6.45, 7) is 11.1. The minimum atomic E-state index is 0.131. The summed E-state index contributed by atoms with van der Waals surface area (Å²) in [5.74, 6) is 0. The van der Waals surface area contributed by atoms with E-state index in [2.05, 4.69) is 65.0 Å². The van der Waals surface area contributed by atoms with E-state index in [0.29, 0.717) is 15.0 Å². The van der Waals surface area contributed by atoms with Crippen LogP contribution in [-0.4, -0.2) is 21.1 Å². The third-order valence-electron chi connectivity index (χ3n) is 2.91. The zero-order valence-corrected chi connectivity index (χ0v) is 13.6. The number of allylic oxidation sites excluding steroid dienone is 1. The number of benzene rings is 1. The van der Waals surface area contributed by atoms with Crippen LogP contribution in [0.15, 0.2) is 34.8 Å². The van der Waals surface area contributed by atoms with E-state index >= 15 is 0 Å². The van der Waals surface area contributed by atoms with Crippen molar-refractivity contribution < 1.29 is 4.74 Å². The fraction of sp³-hybridized carbons (Fsp3) is 0.500. The molecule has 1 aliphatic rings. The van der Waals surface area contributed by atoms with Gasteiger partial charge in [-0.1, -0.05) is 0 Å². The van der Waals surface area contributed by atoms with E-state index in [1.54, 1.807) is 4.47 Å². The van der Waals surface area contributed by atoms with Crippen LogP contribution in [0.4, 0.5) is 0 Å². The van der Waals surface area contributed by atoms with Crippen molar-refractivity contribution in [3.8, 4) is 0 Å². The molecule has 0 aromatic heterocycles. The SMILES string of the molecule is CC(C)OC1C=C(C(C)(C)C)[Se]c2ccccc21. The first-order valence-electron chi connectivity index (χ1n) is 6.52. The molecule has 2 heteroatoms. The van der Waals surface area contributed by atoms with Gasteiger partial charge in [0.2, 0.25) is 0 Å². The quantitative estimate of drug-likeness (QED) is 0.761. The van der Waals surface area contributed by atoms with Crippen molar-refractivity contribution in [2.24, 2.45) is 5.41 Å². The van der Waals surface area contributed by atoms with Crippen LogP contribution in [0.1, 0.15) is 46.3 Å². The average Bonchev–Trinajstić information content (AvgIpc) is 2.27. The van der Waals surface area contributed by atoms with Crippen LogP contribution in [0.5, 0.6) is 0 Å². The summed E-state index contributed by atoms with van der Waals surface area (Å²) in [5, 5.41) is 0. The molecule has 1 heterocycles. The third kappa shape index (κ3) is 3.06. The Kier molecular flexibility index (Phi) is 4.01. The molecule has 1 aliphatic heterocycles. The van der Waals surface area contributed by atoms with E-state index < -0.39 is 0 Å². The molecule has 0 saturated carbocycles. The molecule has 0 spiro atoms. The minimum absolute atomic E-state index is 0.131. The number of hydrogen-bond acceptors (Lipinski definition) is 1. The van der Waals surface area contributed by atoms with Crippen LogP contribution in [-0.2, 0) is 4.74 Å². The van der Waals surface area contributed by atoms with Crippen LogP contribution in [0, 0.1) is 5.41 Å². The van der Waals surface area contributed by atoms with Gasteiger partial charge in [-0.15, -0.1) is 0 Å². The molecule has 0 aliphatic carbocycles. The molecule has 0 saturated heterocycles. The Hall–Kier alpha value is -0.561. The molecule has 1 aromatic carbocycles. The average molecular weight is 309 g/mol. The third-order valence-corrected chi connectivity index (χ3v) is 6.18. The van der Waals surface area contributed by atoms with E-state index in [9.17, 15) is 0 Å². The number of hydrogen-bond donors (Lipinski definition) is 0. The van der Waals surface area contributed by atoms with Crippen molar-refractivity contribution in [1.29, 1.82) is 0 Å². The Morgan fingerprint density at radius 1 is 1.17 bits per heavy atom. The molecule has 2 rings (SSSR count). The molecule has 1 unspecified atom stereocenters. The van der Waals surface area contributed by atoms with E-state index in [0.717, 1.165) is 0 Å². The van der Waals surface area contributed by atoms with E-state index in [1.807, 2.05) is 0 Å². The Morgan fingerprint density at radius 2 is 1.83 bits per heavy atom. The maximum atomic E-state index is 6.08. The van der Waals surface area contributed by atoms with Crippen molar-refractivity contribution in [2.45, 2.75) is 46.8 Å². The second-order valence-electron chi connectivity index (χ2n) is 6.03. The van der Waals surface area contributed by atoms with Crippen molar-refractivity contribution in [2.75, 3.05) is 0 Å². The summed E-state index contributed by atoms with van der Waals surface area (Å²) in [6, 6.07) is 8.71. The van der Waals surface area contributed by atoms with Gasteiger partial charge in [0.15, 0.2) is 0 Å². The van der Waals surface area contributed by atoms with Gasteiger partial charge in [0, 0.05) is 0 Å². The van der Waals surface area contributed by atoms with Crippen molar-refractivity contribution in [3.05, 3.63) is 40.4 Å². The Morgan fingerprint density at radius 3 is 2.44 bits per heavy atom. The molecule has 0 amide bonds. The van der Waals surface area contributed by atoms with Gasteiger partial charge in [-0.3, -0.25) is 0 Å². The second kappa shape index (κ2) is 5.20. The molecule has 98 valence electrons. The Bertz CT molecular complexity index is 454. The first kappa shape index (κ1) is 13.9. The number of ether oxygens (including phenoxy) is 1. The summed E-state index contributed by atoms with van der Waals surface area (Å²) < 4.78 is 9.09. The molecular formula is C16H22OSe. The summed E-state index contributed by atoms with van der Waals surface area (Å²) in [6.07, 6.45) is 2.74. The fourth-order valence-corrected chi connectivity index (χ4v) is 4.48. The number of fused-ring (bicyclic) bond motifs is 1. The molecule has 0 radical (unpaired) electrons. The van der Waals surface area contributed by atoms with Crippen LogP contribution in [0.2, 0.25) is 0 Å². The first-order chi connectivity index (χ1) is 8.38. The van der Waals surface area contributed by atoms with Gasteiger partial charge >= 0.3 is 117 Å². The summed E-state index contributed by atoms with van der Waals surface area (Å²) in [7, 11) is 0. The molecule has 18 heavy (non-hydrogen) atoms. The van der Waals surface area contributed by atoms with Crippen molar-refractivity contribution in [3.63, 3.8) is 0 Å². The summed E-state index contributed by atoms with van der Waals surface area (Å²) in [5.41, 5.74) is 1.60. The molecule has 0 fully saturated rings. The van der Waals surface area contributed by atoms with Gasteiger partial charge in [-0.25, -0.2) is 0 Å². The van der Waals surface area contributed by atoms with Gasteiger partial charge < -0.3 is 0 Å². The standard InChI is InChI=1S/C16H22OSe/c1-11(2)17-13-10-15(16(3,4)5)18-14-9-7-6-8-12(13)14/h6-11,13H,1-5H3. The number of rotatable bonds is 2. The van der Waals surface area contributed by atoms with E-state index in [4.69, 9.17) is 4.74 Å². The van der Waals surface area contributed by atoms with Crippen molar-refractivity contribution in [1.82, 2.24) is 0 Å². The van der Waals surface area contributed by atoms with Crippen LogP contribution >= 0.6 is 0 Å². The zero-order chi connectivity index (χ0) is 13.3. The van der Waals surface area contributed by atoms with Gasteiger partial charge in [-0.2, -0.15) is 0 Å². The molecule has 1 nitrogen and oxygen atoms in total. The van der Waals surface area contributed by atoms with Gasteiger partial charge in [-0.05, 0) is 0 Å². The Balaban J connectivity index is 2.39. The molecular weight excluding hydrogens is 287 g/mol. The fourth-order valence-electron chi connectivity index (χ4n) is 2.00. The maximum absolute atomic E-state index is 6.08. The second-order valence-corrected chi connectivity index (χ2v) is 8.30. The normalized spacial score (nSPS) is 19.7. The van der Waals surface area contributed by atoms with Gasteiger partial charge in [0.05, 0.1) is 0 Å². The summed E-state index contributed by atoms with van der Waals surface area (Å²) >= 11 is 0.436. The van der Waals surface area contributed by atoms with E-state index in [1.165, 1.54) is 10.0 Å². The molecule has 1 aromatic rings. The van der Waals surface area contributed by atoms with Crippen LogP contribution < -0.4 is 4.46 Å². The molecule has 0 N–H and O–H groups in total. The van der Waals surface area contributed by atoms with Gasteiger partial charge in [0.25, 0.3) is 0 Å². The van der Waals surface area contributed by atoms with Crippen LogP contribution in [0.3, 0.4) is 0 Å².